The van der Waals surface area contributed by atoms with E-state index in [1.54, 1.807) is 0 Å². The van der Waals surface area contributed by atoms with E-state index in [9.17, 15) is 0 Å². The number of aromatic nitrogens is 2. The maximum Gasteiger partial charge on any atom is 0.0634 e. The molecule has 4 heterocycles. The van der Waals surface area contributed by atoms with Crippen LogP contribution in [0.1, 0.15) is 25.0 Å². The molecular formula is C119H80N4S2. The molecule has 0 amide bonds. The van der Waals surface area contributed by atoms with Gasteiger partial charge in [-0.15, -0.1) is 22.7 Å². The zero-order valence-electron chi connectivity index (χ0n) is 68.8. The fourth-order valence-electron chi connectivity index (χ4n) is 19.9. The van der Waals surface area contributed by atoms with Crippen LogP contribution in [0.25, 0.3) is 184 Å². The predicted molar refractivity (Wildman–Crippen MR) is 536 cm³/mol. The summed E-state index contributed by atoms with van der Waals surface area (Å²) in [5, 5.41) is 15.2. The van der Waals surface area contributed by atoms with Crippen molar-refractivity contribution in [1.82, 2.24) is 9.13 Å². The average molecular weight is 1630 g/mol. The highest BCUT2D eigenvalue weighted by Crippen LogP contribution is 2.54. The van der Waals surface area contributed by atoms with Crippen molar-refractivity contribution in [3.05, 3.63) is 460 Å². The van der Waals surface area contributed by atoms with Crippen LogP contribution in [0.15, 0.2) is 449 Å². The smallest absolute Gasteiger partial charge is 0.0634 e. The van der Waals surface area contributed by atoms with E-state index in [2.05, 4.69) is 482 Å². The van der Waals surface area contributed by atoms with Crippen LogP contribution in [0.3, 0.4) is 0 Å². The van der Waals surface area contributed by atoms with Gasteiger partial charge in [0.05, 0.1) is 22.1 Å². The summed E-state index contributed by atoms with van der Waals surface area (Å²) in [4.78, 5) is 4.79. The zero-order valence-corrected chi connectivity index (χ0v) is 70.5. The van der Waals surface area contributed by atoms with Gasteiger partial charge in [0.1, 0.15) is 0 Å². The van der Waals surface area contributed by atoms with Crippen LogP contribution in [0.4, 0.5) is 34.1 Å². The normalized spacial score (nSPS) is 12.3. The maximum absolute atomic E-state index is 2.50. The maximum atomic E-state index is 2.50. The second-order valence-corrected chi connectivity index (χ2v) is 35.5. The molecule has 4 nitrogen and oxygen atoms in total. The molecule has 0 atom stereocenters. The summed E-state index contributed by atoms with van der Waals surface area (Å²) in [6.07, 6.45) is 0. The van der Waals surface area contributed by atoms with Gasteiger partial charge in [0.2, 0.25) is 0 Å². The minimum absolute atomic E-state index is 0.111. The van der Waals surface area contributed by atoms with E-state index < -0.39 is 0 Å². The molecule has 4 aromatic heterocycles. The van der Waals surface area contributed by atoms with Crippen LogP contribution in [-0.2, 0) is 5.41 Å². The molecule has 1 aliphatic rings. The van der Waals surface area contributed by atoms with Crippen molar-refractivity contribution in [3.63, 3.8) is 0 Å². The second-order valence-electron chi connectivity index (χ2n) is 33.4. The summed E-state index contributed by atoms with van der Waals surface area (Å²) in [7, 11) is 0. The molecular weight excluding hydrogens is 1550 g/mol. The Morgan fingerprint density at radius 3 is 0.960 bits per heavy atom. The SMILES string of the molecule is CC1(C)c2ccccc2-c2ccc(N(c3ccc(-c4ccccc4)cc3)c3ccc(-c4cc5c6ccccc6n(-c6ccc7ccccc7c6)c5c5c4sc4ccccc45)cc3)cc21.c1ccc(-c2ccc(N(c3ccc(-c4ccccc4)cc3)c3ccc(-c4cc5c6ccccc6n(-c6ccc7ccccc7c6)c5c5c4sc4ccccc45)cc3)cc2)cc1. The second kappa shape index (κ2) is 30.0. The van der Waals surface area contributed by atoms with Gasteiger partial charge in [-0.2, -0.15) is 0 Å². The molecule has 25 rings (SSSR count). The average Bonchev–Trinajstić information content (AvgIpc) is 1.55. The first-order valence-corrected chi connectivity index (χ1v) is 44.6. The molecule has 1 aliphatic carbocycles. The third-order valence-corrected chi connectivity index (χ3v) is 28.3. The number of para-hydroxylation sites is 2. The van der Waals surface area contributed by atoms with Crippen LogP contribution in [0, 0.1) is 0 Å². The summed E-state index contributed by atoms with van der Waals surface area (Å²) in [6.45, 7) is 4.72. The Bertz CT molecular complexity index is 8240. The lowest BCUT2D eigenvalue weighted by Gasteiger charge is -2.28. The molecule has 20 aromatic carbocycles. The molecule has 0 fully saturated rings. The number of benzene rings is 20. The highest BCUT2D eigenvalue weighted by atomic mass is 32.1. The number of rotatable bonds is 13. The number of nitrogens with zero attached hydrogens (tertiary/aromatic N) is 4. The molecule has 0 saturated heterocycles. The van der Waals surface area contributed by atoms with E-state index in [-0.39, 0.29) is 5.41 Å². The number of anilines is 6. The Morgan fingerprint density at radius 2 is 0.536 bits per heavy atom. The number of thiophene rings is 2. The van der Waals surface area contributed by atoms with Crippen molar-refractivity contribution in [1.29, 1.82) is 0 Å². The van der Waals surface area contributed by atoms with Gasteiger partial charge in [-0.3, -0.25) is 0 Å². The quantitative estimate of drug-likeness (QED) is 0.114. The fourth-order valence-corrected chi connectivity index (χ4v) is 22.4. The van der Waals surface area contributed by atoms with Crippen LogP contribution in [0.5, 0.6) is 0 Å². The van der Waals surface area contributed by atoms with Crippen molar-refractivity contribution in [2.24, 2.45) is 0 Å². The third kappa shape index (κ3) is 12.5. The summed E-state index contributed by atoms with van der Waals surface area (Å²) in [6, 6.07) is 165. The van der Waals surface area contributed by atoms with Crippen LogP contribution in [0.2, 0.25) is 0 Å². The Balaban J connectivity index is 0.000000140. The van der Waals surface area contributed by atoms with Crippen molar-refractivity contribution in [3.8, 4) is 78.1 Å². The summed E-state index contributed by atoms with van der Waals surface area (Å²) in [5.41, 5.74) is 31.4. The third-order valence-electron chi connectivity index (χ3n) is 25.9. The Hall–Kier alpha value is -15.4. The lowest BCUT2D eigenvalue weighted by Crippen LogP contribution is -2.16. The number of fused-ring (bicyclic) bond motifs is 19. The molecule has 125 heavy (non-hydrogen) atoms. The van der Waals surface area contributed by atoms with Gasteiger partial charge in [-0.1, -0.05) is 329 Å². The summed E-state index contributed by atoms with van der Waals surface area (Å²) < 4.78 is 10.2. The highest BCUT2D eigenvalue weighted by Gasteiger charge is 2.36. The van der Waals surface area contributed by atoms with E-state index in [1.807, 2.05) is 22.7 Å². The van der Waals surface area contributed by atoms with Gasteiger partial charge >= 0.3 is 0 Å². The van der Waals surface area contributed by atoms with E-state index in [0.717, 1.165) is 34.1 Å². The number of hydrogen-bond donors (Lipinski definition) is 0. The Morgan fingerprint density at radius 1 is 0.216 bits per heavy atom. The molecule has 24 aromatic rings. The topological polar surface area (TPSA) is 16.3 Å². The summed E-state index contributed by atoms with van der Waals surface area (Å²) >= 11 is 3.79. The molecule has 0 spiro atoms. The zero-order chi connectivity index (χ0) is 82.8. The van der Waals surface area contributed by atoms with E-state index >= 15 is 0 Å². The first-order valence-electron chi connectivity index (χ1n) is 43.0. The Kier molecular flexibility index (Phi) is 17.6. The van der Waals surface area contributed by atoms with Gasteiger partial charge in [-0.05, 0) is 222 Å². The molecule has 6 heteroatoms. The molecule has 0 aliphatic heterocycles. The van der Waals surface area contributed by atoms with Gasteiger partial charge in [0, 0.05) is 124 Å². The van der Waals surface area contributed by atoms with Gasteiger partial charge < -0.3 is 18.9 Å². The molecule has 0 unspecified atom stereocenters. The first kappa shape index (κ1) is 73.5. The minimum atomic E-state index is -0.111. The van der Waals surface area contributed by atoms with Crippen molar-refractivity contribution < 1.29 is 0 Å². The molecule has 0 saturated carbocycles. The van der Waals surface area contributed by atoms with Gasteiger partial charge in [-0.25, -0.2) is 0 Å². The van der Waals surface area contributed by atoms with Gasteiger partial charge in [0.15, 0.2) is 0 Å². The summed E-state index contributed by atoms with van der Waals surface area (Å²) in [5.74, 6) is 0. The molecule has 0 N–H and O–H groups in total. The lowest BCUT2D eigenvalue weighted by molar-refractivity contribution is 0.660. The van der Waals surface area contributed by atoms with E-state index in [4.69, 9.17) is 0 Å². The molecule has 0 radical (unpaired) electrons. The molecule has 588 valence electrons. The standard InChI is InChI=1S/C61H42N2S.C58H38N2S/c1-61(2)54-21-11-8-18-48(54)49-35-34-47(37-55(49)61)62(44-29-24-41(25-30-44)39-14-4-3-5-15-39)45-31-27-42(28-32-45)52-38-53-50-19-9-12-22-56(50)63(46-33-26-40-16-6-7-17-43(40)36-46)59(53)58-51-20-10-13-23-57(51)64-60(52)58;1-3-13-39(14-4-1)42-23-30-46(31-24-42)59(47-32-25-43(26-33-47)40-15-5-2-6-16-40)48-34-28-44(29-35-48)52-38-53-50-19-9-11-21-54(50)60(49-36-27-41-17-7-8-18-45(41)37-49)57(53)56-51-20-10-12-22-55(51)61-58(52)56/h3-38H,1-2H3;1-38H. The van der Waals surface area contributed by atoms with Crippen LogP contribution < -0.4 is 9.80 Å². The first-order chi connectivity index (χ1) is 61.7. The Labute approximate surface area is 733 Å². The minimum Gasteiger partial charge on any atom is -0.311 e. The number of hydrogen-bond acceptors (Lipinski definition) is 4. The monoisotopic (exact) mass is 1630 g/mol. The largest absolute Gasteiger partial charge is 0.311 e. The van der Waals surface area contributed by atoms with Crippen molar-refractivity contribution in [2.45, 2.75) is 19.3 Å². The molecule has 0 bridgehead atoms. The van der Waals surface area contributed by atoms with Crippen molar-refractivity contribution >= 4 is 162 Å². The van der Waals surface area contributed by atoms with Crippen LogP contribution in [-0.4, -0.2) is 9.13 Å². The predicted octanol–water partition coefficient (Wildman–Crippen LogP) is 34.2. The van der Waals surface area contributed by atoms with E-state index in [0.29, 0.717) is 0 Å². The van der Waals surface area contributed by atoms with Crippen LogP contribution >= 0.6 is 22.7 Å². The van der Waals surface area contributed by atoms with Crippen molar-refractivity contribution in [2.75, 3.05) is 9.80 Å². The lowest BCUT2D eigenvalue weighted by atomic mass is 9.82. The highest BCUT2D eigenvalue weighted by molar-refractivity contribution is 7.27. The van der Waals surface area contributed by atoms with E-state index in [1.165, 1.54) is 195 Å². The van der Waals surface area contributed by atoms with Gasteiger partial charge in [0.25, 0.3) is 0 Å². The fraction of sp³-hybridized carbons (Fsp3) is 0.0252.